The minimum absolute atomic E-state index is 0.338. The van der Waals surface area contributed by atoms with Crippen LogP contribution in [-0.2, 0) is 0 Å². The van der Waals surface area contributed by atoms with E-state index in [4.69, 9.17) is 22.2 Å². The molecule has 1 unspecified atom stereocenters. The molecule has 0 heterocycles. The highest BCUT2D eigenvalue weighted by Gasteiger charge is 2.20. The lowest BCUT2D eigenvalue weighted by Gasteiger charge is -2.20. The largest absolute Gasteiger partial charge is 0.496 e. The van der Waals surface area contributed by atoms with Crippen LogP contribution in [0.5, 0.6) is 5.75 Å². The molecule has 1 atom stereocenters. The molecule has 0 aromatic heterocycles. The topological polar surface area (TPSA) is 47.3 Å². The molecule has 20 heavy (non-hydrogen) atoms. The van der Waals surface area contributed by atoms with Crippen LogP contribution in [0.1, 0.15) is 17.2 Å². The molecule has 0 radical (unpaired) electrons. The van der Waals surface area contributed by atoms with E-state index in [2.05, 4.69) is 21.4 Å². The van der Waals surface area contributed by atoms with E-state index in [1.54, 1.807) is 25.3 Å². The molecule has 0 amide bonds. The second-order valence-corrected chi connectivity index (χ2v) is 5.50. The van der Waals surface area contributed by atoms with Gasteiger partial charge in [-0.2, -0.15) is 0 Å². The number of nitrogens with two attached hydrogens (primary N) is 1. The standard InChI is InChI=1S/C14H13BrClFN2O/c1-20-13-6-8(15)2-4-11(13)14(19-18)10-5-3-9(16)7-12(10)17/h2-7,14,19H,18H2,1H3. The van der Waals surface area contributed by atoms with Crippen molar-refractivity contribution in [3.63, 3.8) is 0 Å². The van der Waals surface area contributed by atoms with Crippen LogP contribution in [0.3, 0.4) is 0 Å². The zero-order valence-corrected chi connectivity index (χ0v) is 13.0. The average Bonchev–Trinajstić information content (AvgIpc) is 2.43. The van der Waals surface area contributed by atoms with Crippen molar-refractivity contribution < 1.29 is 9.13 Å². The number of hydrogen-bond donors (Lipinski definition) is 2. The third-order valence-corrected chi connectivity index (χ3v) is 3.68. The molecule has 0 saturated heterocycles. The summed E-state index contributed by atoms with van der Waals surface area (Å²) in [7, 11) is 1.55. The molecule has 106 valence electrons. The molecule has 0 aliphatic heterocycles. The van der Waals surface area contributed by atoms with Crippen molar-refractivity contribution in [2.75, 3.05) is 7.11 Å². The van der Waals surface area contributed by atoms with Gasteiger partial charge >= 0.3 is 0 Å². The predicted molar refractivity (Wildman–Crippen MR) is 81.3 cm³/mol. The molecule has 6 heteroatoms. The number of ether oxygens (including phenoxy) is 1. The van der Waals surface area contributed by atoms with Gasteiger partial charge in [-0.15, -0.1) is 0 Å². The van der Waals surface area contributed by atoms with Gasteiger partial charge in [0.15, 0.2) is 0 Å². The Hall–Kier alpha value is -1.14. The highest BCUT2D eigenvalue weighted by Crippen LogP contribution is 2.33. The maximum atomic E-state index is 14.1. The summed E-state index contributed by atoms with van der Waals surface area (Å²) in [6.07, 6.45) is 0. The summed E-state index contributed by atoms with van der Waals surface area (Å²) >= 11 is 9.13. The summed E-state index contributed by atoms with van der Waals surface area (Å²) in [5.74, 6) is 5.77. The SMILES string of the molecule is COc1cc(Br)ccc1C(NN)c1ccc(Cl)cc1F. The molecule has 2 aromatic carbocycles. The summed E-state index contributed by atoms with van der Waals surface area (Å²) in [5.41, 5.74) is 3.75. The molecular formula is C14H13BrClFN2O. The van der Waals surface area contributed by atoms with E-state index in [-0.39, 0.29) is 0 Å². The Morgan fingerprint density at radius 2 is 1.95 bits per heavy atom. The predicted octanol–water partition coefficient (Wildman–Crippen LogP) is 3.80. The third-order valence-electron chi connectivity index (χ3n) is 2.95. The number of rotatable bonds is 4. The van der Waals surface area contributed by atoms with Crippen LogP contribution in [0, 0.1) is 5.82 Å². The van der Waals surface area contributed by atoms with E-state index in [1.807, 2.05) is 12.1 Å². The molecule has 0 spiro atoms. The van der Waals surface area contributed by atoms with Gasteiger partial charge in [0.25, 0.3) is 0 Å². The van der Waals surface area contributed by atoms with Gasteiger partial charge in [0.1, 0.15) is 11.6 Å². The van der Waals surface area contributed by atoms with Crippen molar-refractivity contribution >= 4 is 27.5 Å². The van der Waals surface area contributed by atoms with Crippen LogP contribution in [-0.4, -0.2) is 7.11 Å². The van der Waals surface area contributed by atoms with Gasteiger partial charge in [-0.1, -0.05) is 39.7 Å². The quantitative estimate of drug-likeness (QED) is 0.645. The minimum atomic E-state index is -0.532. The molecule has 2 rings (SSSR count). The monoisotopic (exact) mass is 358 g/mol. The van der Waals surface area contributed by atoms with E-state index < -0.39 is 11.9 Å². The molecule has 0 fully saturated rings. The van der Waals surface area contributed by atoms with E-state index in [0.29, 0.717) is 16.3 Å². The summed E-state index contributed by atoms with van der Waals surface area (Å²) in [5, 5.41) is 0.338. The number of hydrogen-bond acceptors (Lipinski definition) is 3. The van der Waals surface area contributed by atoms with E-state index in [9.17, 15) is 4.39 Å². The molecule has 2 aromatic rings. The smallest absolute Gasteiger partial charge is 0.129 e. The van der Waals surface area contributed by atoms with Crippen molar-refractivity contribution in [2.45, 2.75) is 6.04 Å². The van der Waals surface area contributed by atoms with Gasteiger partial charge in [-0.05, 0) is 24.3 Å². The first kappa shape index (κ1) is 15.3. The highest BCUT2D eigenvalue weighted by molar-refractivity contribution is 9.10. The molecule has 3 nitrogen and oxygen atoms in total. The molecule has 0 bridgehead atoms. The fraction of sp³-hybridized carbons (Fsp3) is 0.143. The summed E-state index contributed by atoms with van der Waals surface area (Å²) in [6.45, 7) is 0. The Bertz CT molecular complexity index is 624. The molecule has 3 N–H and O–H groups in total. The summed E-state index contributed by atoms with van der Waals surface area (Å²) < 4.78 is 20.2. The second kappa shape index (κ2) is 6.54. The number of methoxy groups -OCH3 is 1. The van der Waals surface area contributed by atoms with Crippen LogP contribution >= 0.6 is 27.5 Å². The lowest BCUT2D eigenvalue weighted by atomic mass is 9.98. The first-order valence-electron chi connectivity index (χ1n) is 5.81. The maximum absolute atomic E-state index is 14.1. The number of hydrazine groups is 1. The van der Waals surface area contributed by atoms with Crippen LogP contribution in [0.25, 0.3) is 0 Å². The Labute approximate surface area is 130 Å². The highest BCUT2D eigenvalue weighted by atomic mass is 79.9. The van der Waals surface area contributed by atoms with Gasteiger partial charge in [-0.3, -0.25) is 5.84 Å². The Kier molecular flexibility index (Phi) is 4.99. The normalized spacial score (nSPS) is 12.2. The zero-order valence-electron chi connectivity index (χ0n) is 10.7. The number of benzene rings is 2. The lowest BCUT2D eigenvalue weighted by molar-refractivity contribution is 0.403. The molecule has 0 aliphatic carbocycles. The molecule has 0 saturated carbocycles. The van der Waals surface area contributed by atoms with Crippen molar-refractivity contribution in [3.05, 3.63) is 62.8 Å². The molecular weight excluding hydrogens is 347 g/mol. The van der Waals surface area contributed by atoms with Crippen LogP contribution in [0.2, 0.25) is 5.02 Å². The Morgan fingerprint density at radius 3 is 2.55 bits per heavy atom. The van der Waals surface area contributed by atoms with Crippen molar-refractivity contribution in [1.29, 1.82) is 0 Å². The van der Waals surface area contributed by atoms with Crippen molar-refractivity contribution in [2.24, 2.45) is 5.84 Å². The van der Waals surface area contributed by atoms with Crippen LogP contribution < -0.4 is 16.0 Å². The van der Waals surface area contributed by atoms with Crippen molar-refractivity contribution in [3.8, 4) is 5.75 Å². The molecule has 0 aliphatic rings. The van der Waals surface area contributed by atoms with E-state index >= 15 is 0 Å². The van der Waals surface area contributed by atoms with Gasteiger partial charge in [0.2, 0.25) is 0 Å². The maximum Gasteiger partial charge on any atom is 0.129 e. The fourth-order valence-electron chi connectivity index (χ4n) is 2.01. The van der Waals surface area contributed by atoms with E-state index in [0.717, 1.165) is 10.0 Å². The first-order valence-corrected chi connectivity index (χ1v) is 6.98. The number of nitrogens with one attached hydrogen (secondary N) is 1. The van der Waals surface area contributed by atoms with Crippen LogP contribution in [0.4, 0.5) is 4.39 Å². The third kappa shape index (κ3) is 3.12. The van der Waals surface area contributed by atoms with Gasteiger partial charge in [0.05, 0.1) is 13.2 Å². The van der Waals surface area contributed by atoms with Gasteiger partial charge in [0, 0.05) is 20.6 Å². The fourth-order valence-corrected chi connectivity index (χ4v) is 2.51. The van der Waals surface area contributed by atoms with Gasteiger partial charge in [-0.25, -0.2) is 9.82 Å². The second-order valence-electron chi connectivity index (χ2n) is 4.15. The average molecular weight is 360 g/mol. The lowest BCUT2D eigenvalue weighted by Crippen LogP contribution is -2.29. The van der Waals surface area contributed by atoms with Crippen molar-refractivity contribution in [1.82, 2.24) is 5.43 Å². The minimum Gasteiger partial charge on any atom is -0.496 e. The summed E-state index contributed by atoms with van der Waals surface area (Å²) in [6, 6.07) is 9.41. The first-order chi connectivity index (χ1) is 9.56. The zero-order chi connectivity index (χ0) is 14.7. The number of halogens is 3. The summed E-state index contributed by atoms with van der Waals surface area (Å²) in [4.78, 5) is 0. The van der Waals surface area contributed by atoms with Crippen LogP contribution in [0.15, 0.2) is 40.9 Å². The Balaban J connectivity index is 2.52. The Morgan fingerprint density at radius 1 is 1.25 bits per heavy atom. The van der Waals surface area contributed by atoms with Gasteiger partial charge < -0.3 is 4.74 Å². The van der Waals surface area contributed by atoms with E-state index in [1.165, 1.54) is 6.07 Å².